The van der Waals surface area contributed by atoms with Gasteiger partial charge in [0.15, 0.2) is 5.78 Å². The Hall–Kier alpha value is -2.97. The van der Waals surface area contributed by atoms with Crippen LogP contribution in [0.5, 0.6) is 0 Å². The summed E-state index contributed by atoms with van der Waals surface area (Å²) in [5.74, 6) is -2.32. The number of ether oxygens (including phenoxy) is 3. The van der Waals surface area contributed by atoms with Crippen molar-refractivity contribution in [2.24, 2.45) is 23.7 Å². The van der Waals surface area contributed by atoms with Crippen LogP contribution in [0.25, 0.3) is 0 Å². The van der Waals surface area contributed by atoms with E-state index in [0.717, 1.165) is 17.9 Å². The molecule has 36 heavy (non-hydrogen) atoms. The highest BCUT2D eigenvalue weighted by Gasteiger charge is 2.78. The van der Waals surface area contributed by atoms with Gasteiger partial charge in [-0.3, -0.25) is 9.59 Å². The van der Waals surface area contributed by atoms with Crippen molar-refractivity contribution in [3.63, 3.8) is 0 Å². The van der Waals surface area contributed by atoms with Gasteiger partial charge in [0.05, 0.1) is 23.9 Å². The van der Waals surface area contributed by atoms with Gasteiger partial charge in [0, 0.05) is 17.9 Å². The quantitative estimate of drug-likeness (QED) is 0.368. The zero-order chi connectivity index (χ0) is 25.9. The number of ketones is 1. The Kier molecular flexibility index (Phi) is 5.87. The molecular formula is C28H33NO7. The summed E-state index contributed by atoms with van der Waals surface area (Å²) in [6.07, 6.45) is 5.28. The average molecular weight is 496 g/mol. The maximum atomic E-state index is 13.8. The van der Waals surface area contributed by atoms with E-state index >= 15 is 0 Å². The number of carbonyl (C=O) groups is 3. The first kappa shape index (κ1) is 24.7. The van der Waals surface area contributed by atoms with E-state index in [1.54, 1.807) is 6.92 Å². The Bertz CT molecular complexity index is 1130. The van der Waals surface area contributed by atoms with E-state index in [9.17, 15) is 19.5 Å². The lowest BCUT2D eigenvalue weighted by molar-refractivity contribution is -0.153. The summed E-state index contributed by atoms with van der Waals surface area (Å²) < 4.78 is 17.3. The van der Waals surface area contributed by atoms with E-state index in [1.165, 1.54) is 6.92 Å². The van der Waals surface area contributed by atoms with E-state index in [4.69, 9.17) is 14.2 Å². The lowest BCUT2D eigenvalue weighted by atomic mass is 9.59. The molecule has 3 aliphatic heterocycles. The summed E-state index contributed by atoms with van der Waals surface area (Å²) in [7, 11) is 0. The molecular weight excluding hydrogens is 462 g/mol. The maximum absolute atomic E-state index is 13.8. The number of fused-ring (bicyclic) bond motifs is 2. The molecule has 1 amide bonds. The van der Waals surface area contributed by atoms with Gasteiger partial charge in [-0.1, -0.05) is 56.3 Å². The summed E-state index contributed by atoms with van der Waals surface area (Å²) in [5.41, 5.74) is -2.76. The number of rotatable bonds is 2. The summed E-state index contributed by atoms with van der Waals surface area (Å²) in [6.45, 7) is 7.15. The van der Waals surface area contributed by atoms with Crippen LogP contribution in [0.3, 0.4) is 0 Å². The fraction of sp³-hybridized carbons (Fsp3) is 0.536. The zero-order valence-corrected chi connectivity index (χ0v) is 21.0. The Morgan fingerprint density at radius 1 is 1.11 bits per heavy atom. The number of carbonyl (C=O) groups excluding carboxylic acids is 3. The largest absolute Gasteiger partial charge is 0.514 e. The number of epoxide rings is 1. The first-order chi connectivity index (χ1) is 17.0. The van der Waals surface area contributed by atoms with Crippen molar-refractivity contribution in [1.29, 1.82) is 0 Å². The third kappa shape index (κ3) is 3.78. The van der Waals surface area contributed by atoms with Crippen molar-refractivity contribution in [2.45, 2.75) is 69.5 Å². The predicted molar refractivity (Wildman–Crippen MR) is 129 cm³/mol. The Labute approximate surface area is 210 Å². The molecule has 3 fully saturated rings. The summed E-state index contributed by atoms with van der Waals surface area (Å²) in [4.78, 5) is 39.5. The van der Waals surface area contributed by atoms with Crippen molar-refractivity contribution in [2.75, 3.05) is 0 Å². The van der Waals surface area contributed by atoms with Crippen LogP contribution in [0.1, 0.15) is 39.7 Å². The Morgan fingerprint density at radius 3 is 2.56 bits per heavy atom. The van der Waals surface area contributed by atoms with Gasteiger partial charge >= 0.3 is 6.16 Å². The highest BCUT2D eigenvalue weighted by molar-refractivity contribution is 5.92. The van der Waals surface area contributed by atoms with Gasteiger partial charge in [-0.15, -0.1) is 0 Å². The second-order valence-corrected chi connectivity index (χ2v) is 11.0. The van der Waals surface area contributed by atoms with Gasteiger partial charge in [0.25, 0.3) is 5.91 Å². The van der Waals surface area contributed by atoms with Gasteiger partial charge in [-0.25, -0.2) is 4.79 Å². The SMILES string of the molecule is CC1C/C=C/C2C3OC3(C)C(C)C3C(Cc4ccccc4)NC(=O)C23OC(=O)O/C=C/C(C)(O)C1=O. The number of allylic oxidation sites excluding steroid dienone is 1. The minimum absolute atomic E-state index is 0.0972. The Morgan fingerprint density at radius 2 is 1.83 bits per heavy atom. The van der Waals surface area contributed by atoms with Crippen LogP contribution < -0.4 is 5.32 Å². The minimum Gasteiger partial charge on any atom is -0.416 e. The first-order valence-corrected chi connectivity index (χ1v) is 12.5. The van der Waals surface area contributed by atoms with Crippen LogP contribution in [-0.4, -0.2) is 51.9 Å². The molecule has 2 saturated heterocycles. The topological polar surface area (TPSA) is 114 Å². The number of hydrogen-bond donors (Lipinski definition) is 2. The second kappa shape index (κ2) is 8.56. The molecule has 0 radical (unpaired) electrons. The minimum atomic E-state index is -1.81. The molecule has 3 heterocycles. The molecule has 2 N–H and O–H groups in total. The molecule has 1 aromatic rings. The fourth-order valence-electron chi connectivity index (χ4n) is 6.51. The van der Waals surface area contributed by atoms with Crippen LogP contribution >= 0.6 is 0 Å². The fourth-order valence-corrected chi connectivity index (χ4v) is 6.51. The van der Waals surface area contributed by atoms with Crippen molar-refractivity contribution < 1.29 is 33.7 Å². The zero-order valence-electron chi connectivity index (χ0n) is 21.0. The number of nitrogens with one attached hydrogen (secondary N) is 1. The van der Waals surface area contributed by atoms with E-state index in [0.29, 0.717) is 12.8 Å². The van der Waals surface area contributed by atoms with Crippen molar-refractivity contribution in [3.8, 4) is 0 Å². The number of amides is 1. The summed E-state index contributed by atoms with van der Waals surface area (Å²) in [6, 6.07) is 9.58. The molecule has 9 atom stereocenters. The monoisotopic (exact) mass is 495 g/mol. The lowest BCUT2D eigenvalue weighted by Crippen LogP contribution is -2.61. The number of hydrogen-bond acceptors (Lipinski definition) is 7. The first-order valence-electron chi connectivity index (χ1n) is 12.5. The van der Waals surface area contributed by atoms with E-state index in [2.05, 4.69) is 5.32 Å². The van der Waals surface area contributed by atoms with Gasteiger partial charge in [0.1, 0.15) is 5.60 Å². The molecule has 1 saturated carbocycles. The third-order valence-corrected chi connectivity index (χ3v) is 8.64. The van der Waals surface area contributed by atoms with Crippen molar-refractivity contribution in [1.82, 2.24) is 5.32 Å². The highest BCUT2D eigenvalue weighted by Crippen LogP contribution is 2.63. The maximum Gasteiger partial charge on any atom is 0.514 e. The molecule has 9 unspecified atom stereocenters. The highest BCUT2D eigenvalue weighted by atomic mass is 16.7. The summed E-state index contributed by atoms with van der Waals surface area (Å²) in [5, 5.41) is 13.7. The normalized spacial score (nSPS) is 45.8. The molecule has 8 heteroatoms. The average Bonchev–Trinajstić information content (AvgIpc) is 3.45. The van der Waals surface area contributed by atoms with Gasteiger partial charge in [-0.05, 0) is 44.2 Å². The molecule has 192 valence electrons. The predicted octanol–water partition coefficient (Wildman–Crippen LogP) is 3.09. The van der Waals surface area contributed by atoms with E-state index < -0.39 is 40.6 Å². The lowest BCUT2D eigenvalue weighted by Gasteiger charge is -2.45. The van der Waals surface area contributed by atoms with Crippen molar-refractivity contribution >= 4 is 17.8 Å². The molecule has 1 aliphatic carbocycles. The number of Topliss-reactive ketones (excluding diaryl/α,β-unsaturated/α-hetero) is 1. The van der Waals surface area contributed by atoms with E-state index in [1.807, 2.05) is 56.3 Å². The van der Waals surface area contributed by atoms with Gasteiger partial charge < -0.3 is 24.6 Å². The van der Waals surface area contributed by atoms with Crippen LogP contribution in [0.4, 0.5) is 4.79 Å². The smallest absolute Gasteiger partial charge is 0.416 e. The van der Waals surface area contributed by atoms with E-state index in [-0.39, 0.29) is 29.9 Å². The number of benzene rings is 1. The standard InChI is InChI=1S/C28H33NO7/c1-16-9-8-12-19-23-27(4,35-23)17(2)21-20(15-18-10-6-5-7-11-18)29-24(31)28(19,21)36-25(32)34-14-13-26(3,33)22(16)30/h5-8,10-14,16-17,19-21,23,33H,9,15H2,1-4H3,(H,29,31)/b12-8+,14-13+. The van der Waals surface area contributed by atoms with Crippen molar-refractivity contribution in [3.05, 3.63) is 60.4 Å². The number of aliphatic hydroxyl groups is 1. The molecule has 0 aromatic heterocycles. The van der Waals surface area contributed by atoms with Crippen LogP contribution in [0.2, 0.25) is 0 Å². The molecule has 1 aromatic carbocycles. The summed E-state index contributed by atoms with van der Waals surface area (Å²) >= 11 is 0. The molecule has 5 rings (SSSR count). The van der Waals surface area contributed by atoms with Crippen LogP contribution in [0, 0.1) is 23.7 Å². The molecule has 4 aliphatic rings. The van der Waals surface area contributed by atoms with Gasteiger partial charge in [0.2, 0.25) is 5.60 Å². The van der Waals surface area contributed by atoms with Crippen LogP contribution in [0.15, 0.2) is 54.8 Å². The second-order valence-electron chi connectivity index (χ2n) is 11.0. The molecule has 8 nitrogen and oxygen atoms in total. The van der Waals surface area contributed by atoms with Crippen LogP contribution in [-0.2, 0) is 30.2 Å². The molecule has 1 spiro atoms. The Balaban J connectivity index is 1.58. The van der Waals surface area contributed by atoms with Gasteiger partial charge in [-0.2, -0.15) is 0 Å². The molecule has 0 bridgehead atoms. The number of cyclic esters (lactones) is 1. The third-order valence-electron chi connectivity index (χ3n) is 8.64.